The molecule has 2 unspecified atom stereocenters. The molecule has 1 fully saturated rings. The Kier molecular flexibility index (Phi) is 3.93. The van der Waals surface area contributed by atoms with Gasteiger partial charge in [0.25, 0.3) is 0 Å². The highest BCUT2D eigenvalue weighted by atomic mass is 16.5. The van der Waals surface area contributed by atoms with Crippen molar-refractivity contribution in [3.63, 3.8) is 0 Å². The van der Waals surface area contributed by atoms with Crippen molar-refractivity contribution in [2.45, 2.75) is 25.3 Å². The average Bonchev–Trinajstić information content (AvgIpc) is 2.91. The second kappa shape index (κ2) is 5.47. The van der Waals surface area contributed by atoms with Crippen molar-refractivity contribution >= 4 is 12.0 Å². The van der Waals surface area contributed by atoms with Gasteiger partial charge in [0.05, 0.1) is 7.11 Å². The third-order valence-electron chi connectivity index (χ3n) is 4.19. The fourth-order valence-corrected chi connectivity index (χ4v) is 2.90. The summed E-state index contributed by atoms with van der Waals surface area (Å²) in [6, 6.07) is 7.89. The van der Waals surface area contributed by atoms with Gasteiger partial charge in [0.1, 0.15) is 17.6 Å². The summed E-state index contributed by atoms with van der Waals surface area (Å²) in [6.07, 6.45) is 4.88. The predicted octanol–water partition coefficient (Wildman–Crippen LogP) is 3.06. The van der Waals surface area contributed by atoms with Gasteiger partial charge in [-0.05, 0) is 37.1 Å². The molecule has 1 aliphatic heterocycles. The first-order valence-electron chi connectivity index (χ1n) is 6.68. The van der Waals surface area contributed by atoms with E-state index in [0.29, 0.717) is 0 Å². The van der Waals surface area contributed by atoms with Crippen LogP contribution in [0, 0.1) is 5.92 Å². The highest BCUT2D eigenvalue weighted by molar-refractivity contribution is 5.74. The van der Waals surface area contributed by atoms with Crippen molar-refractivity contribution in [1.29, 1.82) is 0 Å². The summed E-state index contributed by atoms with van der Waals surface area (Å²) >= 11 is 0. The molecule has 102 valence electrons. The smallest absolute Gasteiger partial charge is 0.146 e. The van der Waals surface area contributed by atoms with Crippen LogP contribution in [0.5, 0.6) is 5.75 Å². The lowest BCUT2D eigenvalue weighted by Gasteiger charge is -2.39. The number of anilines is 1. The standard InChI is InChI=1S/C16H21NO2/c1-4-13(2)16(12-18)10-5-11-17(16)14-6-8-15(19-3)9-7-14/h4,6-9,12-13H,1,5,10-11H2,2-3H3. The van der Waals surface area contributed by atoms with Crippen LogP contribution in [0.1, 0.15) is 19.8 Å². The van der Waals surface area contributed by atoms with Crippen LogP contribution >= 0.6 is 0 Å². The van der Waals surface area contributed by atoms with Crippen LogP contribution in [0.3, 0.4) is 0 Å². The SMILES string of the molecule is C=CC(C)C1(C=O)CCCN1c1ccc(OC)cc1. The zero-order valence-corrected chi connectivity index (χ0v) is 11.6. The fraction of sp³-hybridized carbons (Fsp3) is 0.438. The third kappa shape index (κ3) is 2.25. The van der Waals surface area contributed by atoms with E-state index in [4.69, 9.17) is 4.74 Å². The van der Waals surface area contributed by atoms with Crippen molar-refractivity contribution < 1.29 is 9.53 Å². The third-order valence-corrected chi connectivity index (χ3v) is 4.19. The second-order valence-corrected chi connectivity index (χ2v) is 5.09. The predicted molar refractivity (Wildman–Crippen MR) is 77.7 cm³/mol. The topological polar surface area (TPSA) is 29.5 Å². The van der Waals surface area contributed by atoms with Crippen LogP contribution in [0.2, 0.25) is 0 Å². The zero-order chi connectivity index (χ0) is 13.9. The van der Waals surface area contributed by atoms with Crippen molar-refractivity contribution in [1.82, 2.24) is 0 Å². The van der Waals surface area contributed by atoms with Gasteiger partial charge in [-0.25, -0.2) is 0 Å². The molecule has 0 radical (unpaired) electrons. The van der Waals surface area contributed by atoms with E-state index in [1.54, 1.807) is 7.11 Å². The van der Waals surface area contributed by atoms with Crippen molar-refractivity contribution in [3.8, 4) is 5.75 Å². The monoisotopic (exact) mass is 259 g/mol. The summed E-state index contributed by atoms with van der Waals surface area (Å²) in [7, 11) is 1.65. The summed E-state index contributed by atoms with van der Waals surface area (Å²) in [4.78, 5) is 13.9. The van der Waals surface area contributed by atoms with Gasteiger partial charge in [-0.15, -0.1) is 6.58 Å². The highest BCUT2D eigenvalue weighted by Gasteiger charge is 2.44. The van der Waals surface area contributed by atoms with Gasteiger partial charge in [0.15, 0.2) is 0 Å². The van der Waals surface area contributed by atoms with Crippen LogP contribution < -0.4 is 9.64 Å². The Balaban J connectivity index is 2.35. The Bertz CT molecular complexity index is 454. The van der Waals surface area contributed by atoms with E-state index < -0.39 is 5.54 Å². The maximum atomic E-state index is 11.7. The molecule has 0 saturated carbocycles. The summed E-state index contributed by atoms with van der Waals surface area (Å²) in [6.45, 7) is 6.81. The van der Waals surface area contributed by atoms with Crippen molar-refractivity contribution in [3.05, 3.63) is 36.9 Å². The van der Waals surface area contributed by atoms with E-state index in [0.717, 1.165) is 37.1 Å². The molecule has 2 atom stereocenters. The van der Waals surface area contributed by atoms with E-state index in [2.05, 4.69) is 18.4 Å². The first-order valence-corrected chi connectivity index (χ1v) is 6.68. The number of ether oxygens (including phenoxy) is 1. The number of methoxy groups -OCH3 is 1. The van der Waals surface area contributed by atoms with E-state index >= 15 is 0 Å². The molecule has 0 bridgehead atoms. The minimum atomic E-state index is -0.448. The van der Waals surface area contributed by atoms with Gasteiger partial charge in [-0.2, -0.15) is 0 Å². The quantitative estimate of drug-likeness (QED) is 0.601. The second-order valence-electron chi connectivity index (χ2n) is 5.09. The lowest BCUT2D eigenvalue weighted by Crippen LogP contribution is -2.50. The minimum Gasteiger partial charge on any atom is -0.497 e. The molecule has 0 aromatic heterocycles. The summed E-state index contributed by atoms with van der Waals surface area (Å²) < 4.78 is 5.17. The average molecular weight is 259 g/mol. The Morgan fingerprint density at radius 2 is 2.11 bits per heavy atom. The normalized spacial score (nSPS) is 24.0. The number of carbonyl (C=O) groups is 1. The Labute approximate surface area is 114 Å². The van der Waals surface area contributed by atoms with Crippen LogP contribution in [0.15, 0.2) is 36.9 Å². The van der Waals surface area contributed by atoms with Crippen LogP contribution in [0.4, 0.5) is 5.69 Å². The molecule has 3 heteroatoms. The fourth-order valence-electron chi connectivity index (χ4n) is 2.90. The van der Waals surface area contributed by atoms with Gasteiger partial charge in [0.2, 0.25) is 0 Å². The molecule has 1 aliphatic rings. The summed E-state index contributed by atoms with van der Waals surface area (Å²) in [5, 5.41) is 0. The van der Waals surface area contributed by atoms with Crippen LogP contribution in [-0.2, 0) is 4.79 Å². The number of nitrogens with zero attached hydrogens (tertiary/aromatic N) is 1. The van der Waals surface area contributed by atoms with Gasteiger partial charge in [-0.1, -0.05) is 13.0 Å². The Hall–Kier alpha value is -1.77. The minimum absolute atomic E-state index is 0.134. The molecule has 1 aromatic rings. The molecule has 1 saturated heterocycles. The summed E-state index contributed by atoms with van der Waals surface area (Å²) in [5.41, 5.74) is 0.621. The molecule has 2 rings (SSSR count). The molecule has 1 aromatic carbocycles. The zero-order valence-electron chi connectivity index (χ0n) is 11.6. The molecular formula is C16H21NO2. The van der Waals surface area contributed by atoms with E-state index in [-0.39, 0.29) is 5.92 Å². The molecule has 0 amide bonds. The first-order chi connectivity index (χ1) is 9.17. The highest BCUT2D eigenvalue weighted by Crippen LogP contribution is 2.39. The molecule has 0 spiro atoms. The largest absolute Gasteiger partial charge is 0.497 e. The lowest BCUT2D eigenvalue weighted by atomic mass is 9.83. The number of hydrogen-bond acceptors (Lipinski definition) is 3. The molecular weight excluding hydrogens is 238 g/mol. The Morgan fingerprint density at radius 1 is 1.42 bits per heavy atom. The first kappa shape index (κ1) is 13.7. The number of hydrogen-bond donors (Lipinski definition) is 0. The number of carbonyl (C=O) groups excluding carboxylic acids is 1. The van der Waals surface area contributed by atoms with Crippen LogP contribution in [-0.4, -0.2) is 25.5 Å². The van der Waals surface area contributed by atoms with E-state index in [1.807, 2.05) is 30.3 Å². The summed E-state index contributed by atoms with van der Waals surface area (Å²) in [5.74, 6) is 0.964. The molecule has 19 heavy (non-hydrogen) atoms. The molecule has 0 N–H and O–H groups in total. The van der Waals surface area contributed by atoms with Gasteiger partial charge >= 0.3 is 0 Å². The lowest BCUT2D eigenvalue weighted by molar-refractivity contribution is -0.113. The van der Waals surface area contributed by atoms with Gasteiger partial charge in [-0.3, -0.25) is 0 Å². The van der Waals surface area contributed by atoms with Crippen molar-refractivity contribution in [2.24, 2.45) is 5.92 Å². The van der Waals surface area contributed by atoms with E-state index in [1.165, 1.54) is 0 Å². The molecule has 0 aliphatic carbocycles. The Morgan fingerprint density at radius 3 is 2.63 bits per heavy atom. The van der Waals surface area contributed by atoms with Gasteiger partial charge < -0.3 is 14.4 Å². The van der Waals surface area contributed by atoms with Crippen LogP contribution in [0.25, 0.3) is 0 Å². The van der Waals surface area contributed by atoms with E-state index in [9.17, 15) is 4.79 Å². The number of aldehydes is 1. The molecule has 3 nitrogen and oxygen atoms in total. The number of rotatable bonds is 5. The number of benzene rings is 1. The molecule has 1 heterocycles. The maximum Gasteiger partial charge on any atom is 0.146 e. The maximum absolute atomic E-state index is 11.7. The van der Waals surface area contributed by atoms with Gasteiger partial charge in [0, 0.05) is 18.2 Å². The van der Waals surface area contributed by atoms with Crippen molar-refractivity contribution in [2.75, 3.05) is 18.6 Å².